The van der Waals surface area contributed by atoms with Crippen LogP contribution < -0.4 is 0 Å². The van der Waals surface area contributed by atoms with Gasteiger partial charge >= 0.3 is 5.97 Å². The van der Waals surface area contributed by atoms with Crippen LogP contribution in [0.25, 0.3) is 0 Å². The molecule has 0 heterocycles. The summed E-state index contributed by atoms with van der Waals surface area (Å²) in [4.78, 5) is 12.1. The topological polar surface area (TPSA) is 26.3 Å². The van der Waals surface area contributed by atoms with E-state index in [1.807, 2.05) is 0 Å². The first-order valence-electron chi connectivity index (χ1n) is 5.04. The number of benzene rings is 1. The van der Waals surface area contributed by atoms with Gasteiger partial charge in [0.15, 0.2) is 0 Å². The van der Waals surface area contributed by atoms with E-state index in [-0.39, 0.29) is 5.97 Å². The van der Waals surface area contributed by atoms with E-state index in [0.717, 1.165) is 12.2 Å². The van der Waals surface area contributed by atoms with E-state index < -0.39 is 0 Å². The smallest absolute Gasteiger partial charge is 0.306 e. The fourth-order valence-corrected chi connectivity index (χ4v) is 2.01. The molecule has 0 fully saturated rings. The summed E-state index contributed by atoms with van der Waals surface area (Å²) in [5.74, 6) is 0.630. The normalized spacial score (nSPS) is 10.0. The monoisotopic (exact) mass is 224 g/mol. The zero-order chi connectivity index (χ0) is 11.1. The van der Waals surface area contributed by atoms with Gasteiger partial charge in [-0.15, -0.1) is 11.8 Å². The molecule has 0 unspecified atom stereocenters. The van der Waals surface area contributed by atoms with E-state index in [0.29, 0.717) is 6.42 Å². The van der Waals surface area contributed by atoms with Crippen molar-refractivity contribution in [3.8, 4) is 0 Å². The fraction of sp³-hybridized carbons (Fsp3) is 0.417. The van der Waals surface area contributed by atoms with Gasteiger partial charge in [0.1, 0.15) is 0 Å². The molecule has 0 spiro atoms. The maximum absolute atomic E-state index is 10.9. The summed E-state index contributed by atoms with van der Waals surface area (Å²) in [6, 6.07) is 8.45. The number of aryl methyl sites for hydroxylation is 1. The third-order valence-electron chi connectivity index (χ3n) is 2.13. The van der Waals surface area contributed by atoms with Crippen LogP contribution in [-0.2, 0) is 16.0 Å². The van der Waals surface area contributed by atoms with E-state index in [2.05, 4.69) is 35.9 Å². The number of ether oxygens (including phenoxy) is 1. The number of hydrogen-bond acceptors (Lipinski definition) is 3. The van der Waals surface area contributed by atoms with Crippen molar-refractivity contribution in [3.05, 3.63) is 29.8 Å². The van der Waals surface area contributed by atoms with E-state index in [1.165, 1.54) is 17.6 Å². The number of thioether (sulfide) groups is 1. The molecule has 0 saturated carbocycles. The molecule has 0 aliphatic rings. The number of carbonyl (C=O) groups excluding carboxylic acids is 1. The number of rotatable bonds is 5. The van der Waals surface area contributed by atoms with Crippen LogP contribution in [0.5, 0.6) is 0 Å². The molecule has 15 heavy (non-hydrogen) atoms. The molecule has 2 nitrogen and oxygen atoms in total. The second-order valence-corrected chi connectivity index (χ2v) is 4.34. The molecule has 1 aromatic carbocycles. The van der Waals surface area contributed by atoms with E-state index in [4.69, 9.17) is 0 Å². The summed E-state index contributed by atoms with van der Waals surface area (Å²) < 4.78 is 4.57. The van der Waals surface area contributed by atoms with Gasteiger partial charge in [0.05, 0.1) is 13.5 Å². The summed E-state index contributed by atoms with van der Waals surface area (Å²) in [5.41, 5.74) is 1.34. The Bertz CT molecular complexity index is 306. The molecule has 0 saturated heterocycles. The largest absolute Gasteiger partial charge is 0.469 e. The number of esters is 1. The summed E-state index contributed by atoms with van der Waals surface area (Å²) >= 11 is 1.68. The molecule has 0 aliphatic heterocycles. The average molecular weight is 224 g/mol. The molecule has 0 N–H and O–H groups in total. The Kier molecular flexibility index (Phi) is 5.26. The molecule has 1 aromatic rings. The highest BCUT2D eigenvalue weighted by molar-refractivity contribution is 7.99. The van der Waals surface area contributed by atoms with Crippen LogP contribution in [0.1, 0.15) is 18.9 Å². The maximum atomic E-state index is 10.9. The number of hydrogen-bond donors (Lipinski definition) is 0. The van der Waals surface area contributed by atoms with Crippen molar-refractivity contribution in [2.24, 2.45) is 0 Å². The van der Waals surface area contributed by atoms with Gasteiger partial charge in [-0.2, -0.15) is 0 Å². The van der Waals surface area contributed by atoms with Crippen molar-refractivity contribution in [1.82, 2.24) is 0 Å². The molecule has 3 heteroatoms. The third-order valence-corrected chi connectivity index (χ3v) is 3.15. The Balaban J connectivity index is 2.34. The van der Waals surface area contributed by atoms with Crippen molar-refractivity contribution in [2.75, 3.05) is 12.9 Å². The molecular formula is C12H16O2S. The molecular weight excluding hydrogens is 208 g/mol. The SMILES string of the molecule is CCc1ccc(SCCC(=O)OC)cc1. The van der Waals surface area contributed by atoms with Gasteiger partial charge in [0.2, 0.25) is 0 Å². The van der Waals surface area contributed by atoms with Crippen molar-refractivity contribution < 1.29 is 9.53 Å². The van der Waals surface area contributed by atoms with Crippen molar-refractivity contribution in [1.29, 1.82) is 0 Å². The van der Waals surface area contributed by atoms with Gasteiger partial charge in [-0.3, -0.25) is 4.79 Å². The highest BCUT2D eigenvalue weighted by Crippen LogP contribution is 2.19. The zero-order valence-corrected chi connectivity index (χ0v) is 9.97. The second-order valence-electron chi connectivity index (χ2n) is 3.17. The molecule has 0 amide bonds. The fourth-order valence-electron chi connectivity index (χ4n) is 1.18. The van der Waals surface area contributed by atoms with E-state index in [1.54, 1.807) is 11.8 Å². The minimum absolute atomic E-state index is 0.146. The Labute approximate surface area is 95.0 Å². The first kappa shape index (κ1) is 12.1. The van der Waals surface area contributed by atoms with Crippen LogP contribution in [0.3, 0.4) is 0 Å². The second kappa shape index (κ2) is 6.51. The standard InChI is InChI=1S/C12H16O2S/c1-3-10-4-6-11(7-5-10)15-9-8-12(13)14-2/h4-7H,3,8-9H2,1-2H3. The van der Waals surface area contributed by atoms with Gasteiger partial charge in [-0.25, -0.2) is 0 Å². The Hall–Kier alpha value is -0.960. The van der Waals surface area contributed by atoms with Crippen molar-refractivity contribution in [2.45, 2.75) is 24.7 Å². The van der Waals surface area contributed by atoms with Crippen LogP contribution in [0.4, 0.5) is 0 Å². The molecule has 0 aromatic heterocycles. The quantitative estimate of drug-likeness (QED) is 0.568. The van der Waals surface area contributed by atoms with Crippen LogP contribution in [0.15, 0.2) is 29.2 Å². The molecule has 1 rings (SSSR count). The predicted octanol–water partition coefficient (Wildman–Crippen LogP) is 2.90. The lowest BCUT2D eigenvalue weighted by atomic mass is 10.2. The third kappa shape index (κ3) is 4.38. The zero-order valence-electron chi connectivity index (χ0n) is 9.16. The summed E-state index contributed by atoms with van der Waals surface area (Å²) in [7, 11) is 1.42. The highest BCUT2D eigenvalue weighted by atomic mass is 32.2. The Morgan fingerprint density at radius 1 is 1.33 bits per heavy atom. The lowest BCUT2D eigenvalue weighted by Crippen LogP contribution is -2.00. The average Bonchev–Trinajstić information content (AvgIpc) is 2.29. The van der Waals surface area contributed by atoms with Gasteiger partial charge in [0.25, 0.3) is 0 Å². The molecule has 0 atom stereocenters. The molecule has 0 bridgehead atoms. The molecule has 0 aliphatic carbocycles. The van der Waals surface area contributed by atoms with Gasteiger partial charge in [0, 0.05) is 10.6 Å². The Morgan fingerprint density at radius 2 is 2.00 bits per heavy atom. The van der Waals surface area contributed by atoms with Crippen molar-refractivity contribution >= 4 is 17.7 Å². The van der Waals surface area contributed by atoms with Gasteiger partial charge < -0.3 is 4.74 Å². The van der Waals surface area contributed by atoms with Crippen LogP contribution >= 0.6 is 11.8 Å². The minimum Gasteiger partial charge on any atom is -0.469 e. The number of methoxy groups -OCH3 is 1. The minimum atomic E-state index is -0.146. The van der Waals surface area contributed by atoms with Crippen LogP contribution in [0.2, 0.25) is 0 Å². The summed E-state index contributed by atoms with van der Waals surface area (Å²) in [6.07, 6.45) is 1.53. The molecule has 0 radical (unpaired) electrons. The number of carbonyl (C=O) groups is 1. The maximum Gasteiger partial charge on any atom is 0.306 e. The van der Waals surface area contributed by atoms with Crippen LogP contribution in [-0.4, -0.2) is 18.8 Å². The van der Waals surface area contributed by atoms with Gasteiger partial charge in [-0.05, 0) is 24.1 Å². The highest BCUT2D eigenvalue weighted by Gasteiger charge is 2.00. The van der Waals surface area contributed by atoms with E-state index >= 15 is 0 Å². The van der Waals surface area contributed by atoms with Gasteiger partial charge in [-0.1, -0.05) is 19.1 Å². The van der Waals surface area contributed by atoms with Crippen LogP contribution in [0, 0.1) is 0 Å². The Morgan fingerprint density at radius 3 is 2.53 bits per heavy atom. The first-order chi connectivity index (χ1) is 7.26. The summed E-state index contributed by atoms with van der Waals surface area (Å²) in [6.45, 7) is 2.14. The first-order valence-corrected chi connectivity index (χ1v) is 6.03. The molecule has 82 valence electrons. The van der Waals surface area contributed by atoms with Crippen molar-refractivity contribution in [3.63, 3.8) is 0 Å². The predicted molar refractivity (Wildman–Crippen MR) is 63.2 cm³/mol. The summed E-state index contributed by atoms with van der Waals surface area (Å²) in [5, 5.41) is 0. The lowest BCUT2D eigenvalue weighted by Gasteiger charge is -2.02. The lowest BCUT2D eigenvalue weighted by molar-refractivity contribution is -0.140. The van der Waals surface area contributed by atoms with E-state index in [9.17, 15) is 4.79 Å².